The lowest BCUT2D eigenvalue weighted by atomic mass is 10.3. The highest BCUT2D eigenvalue weighted by Gasteiger charge is 2.02. The number of nitrogens with two attached hydrogens (primary N) is 1. The van der Waals surface area contributed by atoms with Gasteiger partial charge < -0.3 is 10.9 Å². The fourth-order valence-corrected chi connectivity index (χ4v) is 1.36. The van der Waals surface area contributed by atoms with Crippen LogP contribution in [0.5, 0.6) is 0 Å². The van der Waals surface area contributed by atoms with E-state index in [1.165, 1.54) is 0 Å². The quantitative estimate of drug-likeness (QED) is 0.330. The van der Waals surface area contributed by atoms with Crippen LogP contribution in [0.2, 0.25) is 0 Å². The van der Waals surface area contributed by atoms with Crippen LogP contribution in [0.3, 0.4) is 0 Å². The first-order chi connectivity index (χ1) is 5.63. The fourth-order valence-electron chi connectivity index (χ4n) is 0.809. The van der Waals surface area contributed by atoms with Crippen molar-refractivity contribution in [3.05, 3.63) is 28.0 Å². The number of pyridine rings is 1. The van der Waals surface area contributed by atoms with Crippen molar-refractivity contribution in [1.82, 2.24) is 4.98 Å². The molecule has 1 rings (SSSR count). The Balaban J connectivity index is 3.17. The van der Waals surface area contributed by atoms with E-state index >= 15 is 0 Å². The van der Waals surface area contributed by atoms with Crippen LogP contribution in [-0.2, 0) is 0 Å². The average molecular weight is 230 g/mol. The van der Waals surface area contributed by atoms with Gasteiger partial charge in [-0.15, -0.1) is 0 Å². The number of rotatable bonds is 1. The molecule has 1 aromatic heterocycles. The molecular weight excluding hydrogens is 222 g/mol. The Bertz CT molecular complexity index is 304. The van der Waals surface area contributed by atoms with Gasteiger partial charge in [-0.3, -0.25) is 0 Å². The van der Waals surface area contributed by atoms with Crippen LogP contribution >= 0.6 is 15.9 Å². The third-order valence-electron chi connectivity index (χ3n) is 1.29. The van der Waals surface area contributed by atoms with Gasteiger partial charge in [-0.2, -0.15) is 0 Å². The number of hydrogen-bond acceptors (Lipinski definition) is 3. The Labute approximate surface area is 78.2 Å². The maximum absolute atomic E-state index is 8.38. The average Bonchev–Trinajstić information content (AvgIpc) is 2.01. The van der Waals surface area contributed by atoms with E-state index < -0.39 is 0 Å². The molecule has 4 nitrogen and oxygen atoms in total. The molecule has 1 heterocycles. The summed E-state index contributed by atoms with van der Waals surface area (Å²) < 4.78 is 0.858. The maximum atomic E-state index is 8.38. The zero-order chi connectivity index (χ0) is 9.14. The zero-order valence-electron chi connectivity index (χ0n) is 6.45. The lowest BCUT2D eigenvalue weighted by Gasteiger charge is -1.99. The summed E-state index contributed by atoms with van der Waals surface area (Å²) in [7, 11) is 0. The summed E-state index contributed by atoms with van der Waals surface area (Å²) in [6, 6.07) is 3.52. The van der Waals surface area contributed by atoms with Gasteiger partial charge in [-0.05, 0) is 19.1 Å². The largest absolute Gasteiger partial charge is 0.409 e. The van der Waals surface area contributed by atoms with Crippen LogP contribution in [-0.4, -0.2) is 16.0 Å². The third kappa shape index (κ3) is 1.94. The van der Waals surface area contributed by atoms with Gasteiger partial charge >= 0.3 is 0 Å². The minimum atomic E-state index is 0.0133. The van der Waals surface area contributed by atoms with E-state index in [1.54, 1.807) is 6.07 Å². The number of oxime groups is 1. The van der Waals surface area contributed by atoms with Crippen molar-refractivity contribution in [2.45, 2.75) is 6.92 Å². The Morgan fingerprint density at radius 1 is 1.67 bits per heavy atom. The fraction of sp³-hybridized carbons (Fsp3) is 0.143. The van der Waals surface area contributed by atoms with Crippen LogP contribution in [0.15, 0.2) is 21.8 Å². The highest BCUT2D eigenvalue weighted by molar-refractivity contribution is 9.10. The Morgan fingerprint density at radius 3 is 2.83 bits per heavy atom. The van der Waals surface area contributed by atoms with Gasteiger partial charge in [0.2, 0.25) is 0 Å². The molecule has 3 N–H and O–H groups in total. The van der Waals surface area contributed by atoms with Crippen molar-refractivity contribution < 1.29 is 5.21 Å². The topological polar surface area (TPSA) is 71.5 Å². The van der Waals surface area contributed by atoms with Crippen LogP contribution < -0.4 is 5.73 Å². The minimum Gasteiger partial charge on any atom is -0.409 e. The highest BCUT2D eigenvalue weighted by atomic mass is 79.9. The van der Waals surface area contributed by atoms with E-state index in [9.17, 15) is 0 Å². The zero-order valence-corrected chi connectivity index (χ0v) is 8.04. The molecule has 0 unspecified atom stereocenters. The number of aromatic nitrogens is 1. The highest BCUT2D eigenvalue weighted by Crippen LogP contribution is 2.11. The van der Waals surface area contributed by atoms with Crippen LogP contribution in [0.1, 0.15) is 11.4 Å². The molecule has 0 atom stereocenters. The van der Waals surface area contributed by atoms with E-state index in [1.807, 2.05) is 13.0 Å². The molecule has 64 valence electrons. The van der Waals surface area contributed by atoms with Gasteiger partial charge in [0, 0.05) is 10.2 Å². The van der Waals surface area contributed by atoms with E-state index in [0.29, 0.717) is 5.69 Å². The maximum Gasteiger partial charge on any atom is 0.188 e. The number of halogens is 1. The van der Waals surface area contributed by atoms with Crippen LogP contribution in [0.25, 0.3) is 0 Å². The first kappa shape index (κ1) is 8.99. The predicted molar refractivity (Wildman–Crippen MR) is 49.2 cm³/mol. The summed E-state index contributed by atoms with van der Waals surface area (Å²) in [6.45, 7) is 1.83. The van der Waals surface area contributed by atoms with Crippen molar-refractivity contribution in [2.24, 2.45) is 10.9 Å². The first-order valence-corrected chi connectivity index (χ1v) is 4.05. The summed E-state index contributed by atoms with van der Waals surface area (Å²) in [4.78, 5) is 4.06. The first-order valence-electron chi connectivity index (χ1n) is 3.25. The van der Waals surface area contributed by atoms with E-state index in [-0.39, 0.29) is 5.84 Å². The van der Waals surface area contributed by atoms with Crippen molar-refractivity contribution in [1.29, 1.82) is 0 Å². The summed E-state index contributed by atoms with van der Waals surface area (Å²) >= 11 is 3.28. The molecular formula is C7H8BrN3O. The second kappa shape index (κ2) is 3.53. The Hall–Kier alpha value is -1.10. The van der Waals surface area contributed by atoms with Gasteiger partial charge in [-0.1, -0.05) is 21.1 Å². The minimum absolute atomic E-state index is 0.0133. The second-order valence-corrected chi connectivity index (χ2v) is 3.21. The summed E-state index contributed by atoms with van der Waals surface area (Å²) in [5.41, 5.74) is 6.62. The monoisotopic (exact) mass is 229 g/mol. The van der Waals surface area contributed by atoms with Gasteiger partial charge in [0.15, 0.2) is 5.84 Å². The molecule has 0 amide bonds. The molecule has 1 aromatic rings. The van der Waals surface area contributed by atoms with E-state index in [0.717, 1.165) is 10.2 Å². The molecule has 0 spiro atoms. The molecule has 0 bridgehead atoms. The molecule has 0 saturated carbocycles. The lowest BCUT2D eigenvalue weighted by Crippen LogP contribution is -2.15. The Morgan fingerprint density at radius 2 is 2.33 bits per heavy atom. The summed E-state index contributed by atoms with van der Waals surface area (Å²) in [6.07, 6.45) is 0. The Kier molecular flexibility index (Phi) is 2.65. The van der Waals surface area contributed by atoms with Crippen molar-refractivity contribution in [2.75, 3.05) is 0 Å². The standard InChI is InChI=1S/C7H8BrN3O/c1-4-2-5(8)3-6(10-4)7(9)11-12/h2-3,12H,1H3,(H2,9,11). The van der Waals surface area contributed by atoms with Crippen molar-refractivity contribution in [3.63, 3.8) is 0 Å². The molecule has 0 fully saturated rings. The van der Waals surface area contributed by atoms with E-state index in [2.05, 4.69) is 26.1 Å². The third-order valence-corrected chi connectivity index (χ3v) is 1.75. The number of nitrogens with zero attached hydrogens (tertiary/aromatic N) is 2. The molecule has 0 aliphatic carbocycles. The molecule has 0 radical (unpaired) electrons. The van der Waals surface area contributed by atoms with E-state index in [4.69, 9.17) is 10.9 Å². The number of hydrogen-bond donors (Lipinski definition) is 2. The second-order valence-electron chi connectivity index (χ2n) is 2.30. The van der Waals surface area contributed by atoms with Crippen LogP contribution in [0, 0.1) is 6.92 Å². The molecule has 12 heavy (non-hydrogen) atoms. The van der Waals surface area contributed by atoms with Gasteiger partial charge in [0.05, 0.1) is 0 Å². The van der Waals surface area contributed by atoms with Gasteiger partial charge in [-0.25, -0.2) is 4.98 Å². The van der Waals surface area contributed by atoms with Crippen molar-refractivity contribution in [3.8, 4) is 0 Å². The number of aryl methyl sites for hydroxylation is 1. The molecule has 0 aliphatic heterocycles. The van der Waals surface area contributed by atoms with Crippen molar-refractivity contribution >= 4 is 21.8 Å². The lowest BCUT2D eigenvalue weighted by molar-refractivity contribution is 0.318. The summed E-state index contributed by atoms with van der Waals surface area (Å²) in [5, 5.41) is 11.2. The summed E-state index contributed by atoms with van der Waals surface area (Å²) in [5.74, 6) is 0.0133. The molecule has 0 aromatic carbocycles. The predicted octanol–water partition coefficient (Wildman–Crippen LogP) is 1.25. The van der Waals surface area contributed by atoms with Crippen LogP contribution in [0.4, 0.5) is 0 Å². The van der Waals surface area contributed by atoms with Gasteiger partial charge in [0.1, 0.15) is 5.69 Å². The molecule has 0 saturated heterocycles. The normalized spacial score (nSPS) is 11.7. The van der Waals surface area contributed by atoms with Gasteiger partial charge in [0.25, 0.3) is 0 Å². The SMILES string of the molecule is Cc1cc(Br)cc(C(N)=NO)n1. The molecule has 5 heteroatoms. The number of amidine groups is 1. The smallest absolute Gasteiger partial charge is 0.188 e. The molecule has 0 aliphatic rings.